The van der Waals surface area contributed by atoms with Crippen molar-refractivity contribution in [2.75, 3.05) is 71.1 Å². The number of carbonyl (C=O) groups is 4. The zero-order valence-electron chi connectivity index (χ0n) is 77.4. The van der Waals surface area contributed by atoms with E-state index in [9.17, 15) is 28.8 Å². The third-order valence-electron chi connectivity index (χ3n) is 24.0. The second-order valence-electron chi connectivity index (χ2n) is 34.7. The first-order chi connectivity index (χ1) is 62.7. The molecule has 15 rings (SSSR count). The summed E-state index contributed by atoms with van der Waals surface area (Å²) < 4.78 is 64.6. The van der Waals surface area contributed by atoms with Gasteiger partial charge in [-0.2, -0.15) is 9.97 Å². The van der Waals surface area contributed by atoms with Crippen molar-refractivity contribution in [3.63, 3.8) is 0 Å². The number of nitrogens with zero attached hydrogens (tertiary/aromatic N) is 19. The van der Waals surface area contributed by atoms with Gasteiger partial charge in [0.1, 0.15) is 52.3 Å². The van der Waals surface area contributed by atoms with E-state index in [0.717, 1.165) is 45.2 Å². The molecule has 0 spiro atoms. The molecule has 6 unspecified atom stereocenters. The Labute approximate surface area is 769 Å². The minimum atomic E-state index is -0.808. The highest BCUT2D eigenvalue weighted by Gasteiger charge is 2.42. The first kappa shape index (κ1) is 95.4. The van der Waals surface area contributed by atoms with Gasteiger partial charge in [0.25, 0.3) is 0 Å². The van der Waals surface area contributed by atoms with E-state index in [1.54, 1.807) is 58.6 Å². The highest BCUT2D eigenvalue weighted by molar-refractivity contribution is 6.34. The van der Waals surface area contributed by atoms with E-state index in [0.29, 0.717) is 102 Å². The smallest absolute Gasteiger partial charge is 0.355 e. The molecule has 4 amide bonds. The van der Waals surface area contributed by atoms with Crippen LogP contribution in [-0.2, 0) is 19.2 Å². The van der Waals surface area contributed by atoms with Gasteiger partial charge in [-0.3, -0.25) is 34.0 Å². The van der Waals surface area contributed by atoms with Crippen LogP contribution in [0.3, 0.4) is 0 Å². The highest BCUT2D eigenvalue weighted by Crippen LogP contribution is 2.46. The minimum Gasteiger partial charge on any atom is -0.374 e. The summed E-state index contributed by atoms with van der Waals surface area (Å²) in [6.07, 6.45) is 12.7. The maximum Gasteiger partial charge on any atom is 0.355 e. The van der Waals surface area contributed by atoms with Crippen LogP contribution in [0.4, 0.5) is 52.1 Å². The largest absolute Gasteiger partial charge is 0.374 e. The Morgan fingerprint density at radius 3 is 1.50 bits per heavy atom. The lowest BCUT2D eigenvalue weighted by atomic mass is 9.99. The molecule has 27 nitrogen and oxygen atoms in total. The Morgan fingerprint density at radius 1 is 0.515 bits per heavy atom. The molecular weight excluding hydrogens is 1700 g/mol. The molecule has 4 aliphatic heterocycles. The van der Waals surface area contributed by atoms with Gasteiger partial charge >= 0.3 is 11.4 Å². The summed E-state index contributed by atoms with van der Waals surface area (Å²) >= 11 is 6.90. The van der Waals surface area contributed by atoms with Crippen LogP contribution in [0, 0.1) is 70.2 Å². The standard InChI is InChI=1S/C34H35F2N7O2.C33H35ClFN7O3.C33H38FN7O/c1-8-14-37-26-12-10-11-24(35)28(26)30-25(36)16-23-32(42-18-21(6)41(17-22(42)7)27(44)9-2)40-34(45)43(33(23)39-30)31-20(5)13-15-38-29(31)19(3)4;1-8-26(44)40-15-20(6)41(16-19(40)5)31-23-14-24(34)28(22-10-9-11-25(35)29(22)37-21(7)43)38-32(23)42(33(45)39-31)30-18(4)12-13-36-27(30)17(2)3;1-10-28(42)39-16-21(6)40(17-20(39)5)32-26-15-19(4)30(25-13-11-12-14-27(25)34)38-33(26)41(24(9)37-32)31-22(7)35-23(8)36-29(31)18(2)3/h1,9-13,15-16,19,21-22,37H,2,14,17-18H2,3-7H3;8-14,17,19-20H,1,15-16H2,2-7H3,(H,37,43);10-15,18,20-21H,1,9,16-17H2,2-8H3. The summed E-state index contributed by atoms with van der Waals surface area (Å²) in [4.78, 5) is 139. The molecule has 3 aromatic carbocycles. The number of anilines is 6. The van der Waals surface area contributed by atoms with Crippen LogP contribution in [0.1, 0.15) is 159 Å². The highest BCUT2D eigenvalue weighted by atomic mass is 35.5. The number of hydrogen-bond acceptors (Lipinski definition) is 21. The Morgan fingerprint density at radius 2 is 0.992 bits per heavy atom. The van der Waals surface area contributed by atoms with Crippen LogP contribution in [0.25, 0.3) is 67.2 Å². The number of carbonyl (C=O) groups excluding carboxylic acids is 4. The number of pyridine rings is 5. The summed E-state index contributed by atoms with van der Waals surface area (Å²) in [5, 5.41) is 6.40. The van der Waals surface area contributed by atoms with E-state index < -0.39 is 34.7 Å². The van der Waals surface area contributed by atoms with Crippen molar-refractivity contribution in [3.05, 3.63) is 254 Å². The summed E-state index contributed by atoms with van der Waals surface area (Å²) in [6, 6.07) is 22.8. The zero-order chi connectivity index (χ0) is 95.8. The van der Waals surface area contributed by atoms with Gasteiger partial charge in [0.15, 0.2) is 22.9 Å². The molecule has 2 N–H and O–H groups in total. The Bertz CT molecular complexity index is 6700. The van der Waals surface area contributed by atoms with Crippen LogP contribution in [0.15, 0.2) is 168 Å². The predicted octanol–water partition coefficient (Wildman–Crippen LogP) is 17.0. The number of aliphatic imine (C=N–C) groups is 1. The molecule has 684 valence electrons. The van der Waals surface area contributed by atoms with Crippen molar-refractivity contribution in [1.29, 1.82) is 0 Å². The van der Waals surface area contributed by atoms with E-state index in [2.05, 4.69) is 93.5 Å². The molecule has 4 aliphatic rings. The maximum atomic E-state index is 16.2. The molecular formula is C100H108ClF4N21O6. The minimum absolute atomic E-state index is 0.0294. The number of hydrogen-bond donors (Lipinski definition) is 2. The summed E-state index contributed by atoms with van der Waals surface area (Å²) in [7, 11) is 0. The van der Waals surface area contributed by atoms with Crippen LogP contribution in [-0.4, -0.2) is 185 Å². The second kappa shape index (κ2) is 39.3. The van der Waals surface area contributed by atoms with Crippen molar-refractivity contribution in [3.8, 4) is 57.5 Å². The van der Waals surface area contributed by atoms with Crippen molar-refractivity contribution in [1.82, 2.24) is 73.6 Å². The number of amidine groups is 1. The first-order valence-corrected chi connectivity index (χ1v) is 44.1. The molecule has 11 aromatic rings. The number of aryl methyl sites for hydroxylation is 5. The van der Waals surface area contributed by atoms with Gasteiger partial charge in [-0.25, -0.2) is 66.2 Å². The van der Waals surface area contributed by atoms with Gasteiger partial charge < -0.3 is 40.0 Å². The van der Waals surface area contributed by atoms with Gasteiger partial charge in [0, 0.05) is 112 Å². The quantitative estimate of drug-likeness (QED) is 0.0486. The fraction of sp³-hybridized carbons (Fsp3) is 0.340. The van der Waals surface area contributed by atoms with Gasteiger partial charge in [-0.05, 0) is 189 Å². The molecule has 6 atom stereocenters. The van der Waals surface area contributed by atoms with Crippen LogP contribution < -0.4 is 36.7 Å². The normalized spacial score (nSPS) is 17.3. The molecule has 0 saturated carbocycles. The Hall–Kier alpha value is -14.2. The number of halogens is 5. The van der Waals surface area contributed by atoms with Crippen LogP contribution in [0.2, 0.25) is 5.02 Å². The number of piperazine rings is 3. The third kappa shape index (κ3) is 18.6. The average Bonchev–Trinajstić information content (AvgIpc) is 0.739. The SMILES string of the molecule is C#CCNc1cccc(F)c1-c1nc2c(cc1F)c(N1CC(C)N(C(=O)C=C)CC1C)nc(=O)n2-c1c(C)ccnc1C(C)C.C=CC(=O)N1CC(C)N(C2=NC(=C)N(c3c(C)nc(C)nc3C(C)C)c3nc(-c4ccccc4F)c(C)cc32)CC1C.C=CC(=O)N1CC(C)N(c2nc(=O)n(-c3c(C)ccnc3C(C)C)c3nc(-c4cccc(F)c4NC(C)=O)c(Cl)cc23)CC1C. The van der Waals surface area contributed by atoms with E-state index in [-0.39, 0.29) is 145 Å². The number of rotatable bonds is 17. The molecule has 12 heterocycles. The van der Waals surface area contributed by atoms with Crippen molar-refractivity contribution < 1.29 is 36.7 Å². The van der Waals surface area contributed by atoms with Crippen LogP contribution >= 0.6 is 11.6 Å². The lowest BCUT2D eigenvalue weighted by molar-refractivity contribution is -0.131. The third-order valence-corrected chi connectivity index (χ3v) is 24.3. The van der Waals surface area contributed by atoms with Gasteiger partial charge in [0.2, 0.25) is 23.6 Å². The molecule has 0 aliphatic carbocycles. The second-order valence-corrected chi connectivity index (χ2v) is 35.1. The van der Waals surface area contributed by atoms with Gasteiger partial charge in [0.05, 0.1) is 90.4 Å². The molecule has 8 aromatic heterocycles. The predicted molar refractivity (Wildman–Crippen MR) is 513 cm³/mol. The molecule has 32 heteroatoms. The summed E-state index contributed by atoms with van der Waals surface area (Å²) in [5.74, 6) is 2.03. The number of fused-ring (bicyclic) bond motifs is 3. The van der Waals surface area contributed by atoms with E-state index in [1.165, 1.54) is 70.7 Å². The van der Waals surface area contributed by atoms with Crippen LogP contribution in [0.5, 0.6) is 0 Å². The topological polar surface area (TPSA) is 287 Å². The monoisotopic (exact) mass is 1810 g/mol. The molecule has 0 radical (unpaired) electrons. The number of nitrogens with one attached hydrogen (secondary N) is 2. The average molecular weight is 1810 g/mol. The fourth-order valence-electron chi connectivity index (χ4n) is 17.7. The van der Waals surface area contributed by atoms with E-state index in [4.69, 9.17) is 43.0 Å². The lowest BCUT2D eigenvalue weighted by Crippen LogP contribution is -2.59. The molecule has 3 saturated heterocycles. The number of aromatic nitrogens is 11. The fourth-order valence-corrected chi connectivity index (χ4v) is 17.9. The maximum absolute atomic E-state index is 16.2. The van der Waals surface area contributed by atoms with Gasteiger partial charge in [-0.15, -0.1) is 6.42 Å². The molecule has 132 heavy (non-hydrogen) atoms. The summed E-state index contributed by atoms with van der Waals surface area (Å²) in [6.45, 7) is 52.5. The number of amides is 4. The molecule has 3 fully saturated rings. The Kier molecular flexibility index (Phi) is 28.4. The van der Waals surface area contributed by atoms with Crippen molar-refractivity contribution in [2.45, 2.75) is 179 Å². The lowest BCUT2D eigenvalue weighted by Gasteiger charge is -2.46. The summed E-state index contributed by atoms with van der Waals surface area (Å²) in [5.41, 5.74) is 8.17. The molecule has 0 bridgehead atoms. The van der Waals surface area contributed by atoms with Crippen molar-refractivity contribution >= 4 is 97.6 Å². The zero-order valence-corrected chi connectivity index (χ0v) is 78.2. The van der Waals surface area contributed by atoms with Gasteiger partial charge in [-0.1, -0.05) is 116 Å². The Balaban J connectivity index is 0.000000168. The van der Waals surface area contributed by atoms with E-state index in [1.807, 2.05) is 135 Å². The number of terminal acetylenes is 1. The first-order valence-electron chi connectivity index (χ1n) is 43.7. The number of para-hydroxylation sites is 1. The van der Waals surface area contributed by atoms with E-state index >= 15 is 17.6 Å². The van der Waals surface area contributed by atoms with Crippen molar-refractivity contribution in [2.24, 2.45) is 4.99 Å². The number of benzene rings is 3.